The smallest absolute Gasteiger partial charge is 0.257 e. The molecule has 2 aliphatic carbocycles. The Hall–Kier alpha value is -2.49. The van der Waals surface area contributed by atoms with Crippen LogP contribution < -0.4 is 0 Å². The fraction of sp³-hybridized carbons (Fsp3) is 0.429. The molecule has 2 N–H and O–H groups in total. The van der Waals surface area contributed by atoms with Crippen molar-refractivity contribution >= 4 is 46.8 Å². The summed E-state index contributed by atoms with van der Waals surface area (Å²) in [6, 6.07) is 3.48. The van der Waals surface area contributed by atoms with Gasteiger partial charge in [-0.05, 0) is 36.5 Å². The van der Waals surface area contributed by atoms with E-state index in [1.165, 1.54) is 13.1 Å². The van der Waals surface area contributed by atoms with Crippen molar-refractivity contribution in [3.63, 3.8) is 0 Å². The molecule has 4 amide bonds. The number of aromatic hydroxyl groups is 1. The van der Waals surface area contributed by atoms with Gasteiger partial charge in [0.15, 0.2) is 21.3 Å². The lowest BCUT2D eigenvalue weighted by Crippen LogP contribution is -2.60. The van der Waals surface area contributed by atoms with Crippen LogP contribution in [0, 0.1) is 23.6 Å². The molecule has 6 unspecified atom stereocenters. The van der Waals surface area contributed by atoms with Crippen LogP contribution in [0.2, 0.25) is 0 Å². The summed E-state index contributed by atoms with van der Waals surface area (Å²) in [5, 5.41) is 19.6. The molecule has 6 atom stereocenters. The predicted octanol–water partition coefficient (Wildman–Crippen LogP) is 1.91. The average molecular weight is 483 g/mol. The lowest BCUT2D eigenvalue weighted by molar-refractivity contribution is -0.173. The number of imide groups is 2. The van der Waals surface area contributed by atoms with Gasteiger partial charge in [-0.15, -0.1) is 23.2 Å². The normalized spacial score (nSPS) is 38.6. The number of likely N-dealkylation sites (tertiary alicyclic amines) is 1. The number of nitrogens with zero attached hydrogens (tertiary/aromatic N) is 2. The van der Waals surface area contributed by atoms with Crippen molar-refractivity contribution in [1.29, 1.82) is 0 Å². The highest BCUT2D eigenvalue weighted by molar-refractivity contribution is 6.53. The summed E-state index contributed by atoms with van der Waals surface area (Å²) in [4.78, 5) is 48.2. The Bertz CT molecular complexity index is 1160. The Morgan fingerprint density at radius 3 is 2.44 bits per heavy atom. The zero-order valence-electron chi connectivity index (χ0n) is 16.6. The number of hydrogen-bond donors (Lipinski definition) is 2. The summed E-state index contributed by atoms with van der Waals surface area (Å²) in [5.41, 5.74) is 0.652. The molecular weight excluding hydrogens is 466 g/mol. The van der Waals surface area contributed by atoms with E-state index in [2.05, 4.69) is 0 Å². The Labute approximate surface area is 191 Å². The van der Waals surface area contributed by atoms with Crippen LogP contribution in [0.25, 0.3) is 0 Å². The number of phenolic OH excluding ortho intramolecular Hbond substituents is 1. The van der Waals surface area contributed by atoms with Gasteiger partial charge in [-0.3, -0.25) is 29.3 Å². The quantitative estimate of drug-likeness (QED) is 0.273. The number of allylic oxidation sites excluding steroid dienone is 2. The second-order valence-corrected chi connectivity index (χ2v) is 9.94. The van der Waals surface area contributed by atoms with Gasteiger partial charge >= 0.3 is 0 Å². The van der Waals surface area contributed by atoms with Crippen LogP contribution in [-0.4, -0.2) is 60.7 Å². The fourth-order valence-electron chi connectivity index (χ4n) is 5.80. The molecule has 5 rings (SSSR count). The van der Waals surface area contributed by atoms with Gasteiger partial charge in [0.05, 0.1) is 11.8 Å². The van der Waals surface area contributed by atoms with Crippen molar-refractivity contribution < 1.29 is 33.9 Å². The van der Waals surface area contributed by atoms with Gasteiger partial charge in [0.2, 0.25) is 0 Å². The highest BCUT2D eigenvalue weighted by Gasteiger charge is 2.75. The minimum absolute atomic E-state index is 0.0819. The summed E-state index contributed by atoms with van der Waals surface area (Å²) in [5.74, 6) is -8.42. The SMILES string of the molecule is CN1C(=O)C2(Cl)CC3C(=CCC4C(=O)N(O)C(=O)C43)C(c3ccc(O)c(F)c3)C2(Cl)C1=O. The minimum Gasteiger partial charge on any atom is -0.505 e. The molecule has 32 heavy (non-hydrogen) atoms. The number of hydrogen-bond acceptors (Lipinski definition) is 6. The molecule has 8 nitrogen and oxygen atoms in total. The predicted molar refractivity (Wildman–Crippen MR) is 107 cm³/mol. The molecule has 1 aromatic rings. The highest BCUT2D eigenvalue weighted by atomic mass is 35.5. The minimum atomic E-state index is -2.02. The van der Waals surface area contributed by atoms with Crippen molar-refractivity contribution in [2.45, 2.75) is 28.5 Å². The standard InChI is InChI=1S/C21H17Cl2FN2O6/c1-25-18(30)20(22)7-11-9(3-4-10-14(11)17(29)26(32)16(10)28)15(21(20,23)19(25)31)8-2-5-13(27)12(24)6-8/h2-3,5-6,10-11,14-15,27,32H,4,7H2,1H3. The summed E-state index contributed by atoms with van der Waals surface area (Å²) >= 11 is 13.7. The first kappa shape index (κ1) is 21.4. The molecule has 2 aliphatic heterocycles. The van der Waals surface area contributed by atoms with Crippen LogP contribution in [0.5, 0.6) is 5.75 Å². The lowest BCUT2D eigenvalue weighted by atomic mass is 9.56. The maximum atomic E-state index is 14.3. The Kier molecular flexibility index (Phi) is 4.35. The summed E-state index contributed by atoms with van der Waals surface area (Å²) in [6.45, 7) is 0. The molecule has 0 spiro atoms. The second-order valence-electron chi connectivity index (χ2n) is 8.70. The number of halogens is 3. The van der Waals surface area contributed by atoms with Crippen molar-refractivity contribution in [3.05, 3.63) is 41.2 Å². The number of phenols is 1. The van der Waals surface area contributed by atoms with Crippen LogP contribution >= 0.6 is 23.2 Å². The average Bonchev–Trinajstić information content (AvgIpc) is 3.05. The molecule has 2 heterocycles. The monoisotopic (exact) mass is 482 g/mol. The molecule has 3 fully saturated rings. The van der Waals surface area contributed by atoms with Gasteiger partial charge in [-0.25, -0.2) is 4.39 Å². The molecule has 1 aromatic carbocycles. The van der Waals surface area contributed by atoms with Gasteiger partial charge in [0.25, 0.3) is 23.6 Å². The number of amides is 4. The van der Waals surface area contributed by atoms with Crippen LogP contribution in [-0.2, 0) is 19.2 Å². The van der Waals surface area contributed by atoms with E-state index in [1.54, 1.807) is 6.08 Å². The highest BCUT2D eigenvalue weighted by Crippen LogP contribution is 2.65. The first-order valence-electron chi connectivity index (χ1n) is 9.90. The zero-order valence-corrected chi connectivity index (χ0v) is 18.1. The zero-order chi connectivity index (χ0) is 23.3. The third kappa shape index (κ3) is 2.31. The maximum Gasteiger partial charge on any atom is 0.257 e. The van der Waals surface area contributed by atoms with Gasteiger partial charge in [0.1, 0.15) is 0 Å². The van der Waals surface area contributed by atoms with E-state index in [0.717, 1.165) is 17.0 Å². The third-order valence-electron chi connectivity index (χ3n) is 7.30. The van der Waals surface area contributed by atoms with Crippen molar-refractivity contribution in [2.75, 3.05) is 7.05 Å². The molecular formula is C21H17Cl2FN2O6. The van der Waals surface area contributed by atoms with Crippen LogP contribution in [0.1, 0.15) is 24.3 Å². The van der Waals surface area contributed by atoms with E-state index in [-0.39, 0.29) is 23.5 Å². The largest absolute Gasteiger partial charge is 0.505 e. The molecule has 0 radical (unpaired) electrons. The summed E-state index contributed by atoms with van der Waals surface area (Å²) in [7, 11) is 1.24. The van der Waals surface area contributed by atoms with Gasteiger partial charge in [-0.2, -0.15) is 5.06 Å². The molecule has 168 valence electrons. The van der Waals surface area contributed by atoms with Crippen LogP contribution in [0.4, 0.5) is 4.39 Å². The number of carbonyl (C=O) groups excluding carboxylic acids is 4. The van der Waals surface area contributed by atoms with Crippen molar-refractivity contribution in [3.8, 4) is 5.75 Å². The molecule has 0 aromatic heterocycles. The molecule has 1 saturated carbocycles. The summed E-state index contributed by atoms with van der Waals surface area (Å²) < 4.78 is 14.3. The molecule has 11 heteroatoms. The fourth-order valence-corrected chi connectivity index (χ4v) is 6.82. The number of benzene rings is 1. The van der Waals surface area contributed by atoms with E-state index in [4.69, 9.17) is 23.2 Å². The van der Waals surface area contributed by atoms with E-state index in [9.17, 15) is 33.9 Å². The van der Waals surface area contributed by atoms with Crippen molar-refractivity contribution in [2.24, 2.45) is 17.8 Å². The van der Waals surface area contributed by atoms with Gasteiger partial charge < -0.3 is 5.11 Å². The summed E-state index contributed by atoms with van der Waals surface area (Å²) in [6.07, 6.45) is 1.53. The Morgan fingerprint density at radius 1 is 1.09 bits per heavy atom. The Balaban J connectivity index is 1.76. The van der Waals surface area contributed by atoms with Gasteiger partial charge in [-0.1, -0.05) is 17.7 Å². The van der Waals surface area contributed by atoms with E-state index in [0.29, 0.717) is 5.57 Å². The molecule has 4 aliphatic rings. The van der Waals surface area contributed by atoms with Gasteiger partial charge in [0, 0.05) is 13.0 Å². The molecule has 0 bridgehead atoms. The van der Waals surface area contributed by atoms with E-state index < -0.39 is 68.6 Å². The second kappa shape index (κ2) is 6.52. The van der Waals surface area contributed by atoms with Crippen LogP contribution in [0.15, 0.2) is 29.8 Å². The van der Waals surface area contributed by atoms with E-state index in [1.807, 2.05) is 0 Å². The van der Waals surface area contributed by atoms with E-state index >= 15 is 0 Å². The first-order chi connectivity index (χ1) is 14.9. The third-order valence-corrected chi connectivity index (χ3v) is 8.71. The van der Waals surface area contributed by atoms with Crippen molar-refractivity contribution in [1.82, 2.24) is 9.96 Å². The number of carbonyl (C=O) groups is 4. The lowest BCUT2D eigenvalue weighted by Gasteiger charge is -2.50. The number of hydroxylamine groups is 2. The molecule has 2 saturated heterocycles. The first-order valence-corrected chi connectivity index (χ1v) is 10.7. The van der Waals surface area contributed by atoms with Crippen LogP contribution in [0.3, 0.4) is 0 Å². The maximum absolute atomic E-state index is 14.3. The topological polar surface area (TPSA) is 115 Å². The number of fused-ring (bicyclic) bond motifs is 4. The number of alkyl halides is 2. The number of rotatable bonds is 1. The Morgan fingerprint density at radius 2 is 1.78 bits per heavy atom.